The van der Waals surface area contributed by atoms with E-state index in [9.17, 15) is 14.7 Å². The van der Waals surface area contributed by atoms with Gasteiger partial charge < -0.3 is 14.6 Å². The molecule has 2 aromatic carbocycles. The lowest BCUT2D eigenvalue weighted by Gasteiger charge is -2.09. The number of carbonyl (C=O) groups excluding carboxylic acids is 1. The second-order valence-electron chi connectivity index (χ2n) is 6.35. The molecule has 2 heterocycles. The van der Waals surface area contributed by atoms with Crippen molar-refractivity contribution in [2.45, 2.75) is 6.92 Å². The van der Waals surface area contributed by atoms with Crippen molar-refractivity contribution in [2.24, 2.45) is 4.99 Å². The topological polar surface area (TPSA) is 88.4 Å². The highest BCUT2D eigenvalue weighted by atomic mass is 79.9. The Morgan fingerprint density at radius 1 is 1.31 bits per heavy atom. The van der Waals surface area contributed by atoms with E-state index in [0.717, 1.165) is 10.0 Å². The molecule has 1 N–H and O–H groups in total. The maximum Gasteiger partial charge on any atom is 0.336 e. The zero-order valence-electron chi connectivity index (χ0n) is 15.4. The number of aromatic carboxylic acids is 1. The molecule has 1 amide bonds. The first-order valence-corrected chi connectivity index (χ1v) is 10.1. The number of carboxylic acids is 1. The number of thioether (sulfide) groups is 1. The number of ether oxygens (including phenoxy) is 2. The third-order valence-corrected chi connectivity index (χ3v) is 6.28. The van der Waals surface area contributed by atoms with Crippen molar-refractivity contribution in [3.8, 4) is 11.5 Å². The van der Waals surface area contributed by atoms with Crippen molar-refractivity contribution in [2.75, 3.05) is 13.8 Å². The van der Waals surface area contributed by atoms with Crippen LogP contribution in [0.4, 0.5) is 5.69 Å². The van der Waals surface area contributed by atoms with Crippen LogP contribution >= 0.6 is 27.7 Å². The summed E-state index contributed by atoms with van der Waals surface area (Å²) in [5.74, 6) is 0.0723. The number of hydrogen-bond donors (Lipinski definition) is 1. The van der Waals surface area contributed by atoms with E-state index in [0.29, 0.717) is 32.8 Å². The number of fused-ring (bicyclic) bond motifs is 1. The van der Waals surface area contributed by atoms with Crippen molar-refractivity contribution in [1.82, 2.24) is 4.90 Å². The summed E-state index contributed by atoms with van der Waals surface area (Å²) in [6.45, 7) is 1.87. The van der Waals surface area contributed by atoms with Crippen molar-refractivity contribution >= 4 is 56.5 Å². The number of nitrogens with zero attached hydrogens (tertiary/aromatic N) is 2. The minimum absolute atomic E-state index is 0.170. The summed E-state index contributed by atoms with van der Waals surface area (Å²) in [4.78, 5) is 30.5. The van der Waals surface area contributed by atoms with Crippen LogP contribution in [0.1, 0.15) is 21.5 Å². The van der Waals surface area contributed by atoms with E-state index in [-0.39, 0.29) is 18.3 Å². The first-order chi connectivity index (χ1) is 13.8. The summed E-state index contributed by atoms with van der Waals surface area (Å²) < 4.78 is 11.5. The molecule has 1 fully saturated rings. The van der Waals surface area contributed by atoms with E-state index in [2.05, 4.69) is 20.9 Å². The highest BCUT2D eigenvalue weighted by molar-refractivity contribution is 9.10. The number of benzene rings is 2. The van der Waals surface area contributed by atoms with Gasteiger partial charge in [0, 0.05) is 11.5 Å². The molecule has 0 atom stereocenters. The molecule has 2 aliphatic rings. The number of halogens is 1. The summed E-state index contributed by atoms with van der Waals surface area (Å²) >= 11 is 4.72. The van der Waals surface area contributed by atoms with E-state index < -0.39 is 5.97 Å². The predicted molar refractivity (Wildman–Crippen MR) is 114 cm³/mol. The van der Waals surface area contributed by atoms with Gasteiger partial charge in [-0.1, -0.05) is 22.0 Å². The Kier molecular flexibility index (Phi) is 5.10. The van der Waals surface area contributed by atoms with E-state index in [4.69, 9.17) is 9.47 Å². The zero-order valence-corrected chi connectivity index (χ0v) is 17.8. The molecule has 1 saturated heterocycles. The molecule has 9 heteroatoms. The lowest BCUT2D eigenvalue weighted by Crippen LogP contribution is -2.23. The minimum Gasteiger partial charge on any atom is -0.478 e. The van der Waals surface area contributed by atoms with Crippen LogP contribution in [-0.2, 0) is 4.79 Å². The second-order valence-corrected chi connectivity index (χ2v) is 8.21. The van der Waals surface area contributed by atoms with Crippen LogP contribution < -0.4 is 9.47 Å². The van der Waals surface area contributed by atoms with Crippen molar-refractivity contribution in [3.63, 3.8) is 0 Å². The average molecular weight is 475 g/mol. The number of carboxylic acid groups (broad SMARTS) is 1. The lowest BCUT2D eigenvalue weighted by atomic mass is 10.1. The SMILES string of the molecule is Cc1c(N=C2S/C(=C/c3cc4c(cc3Br)OCO4)C(=O)N2C)cccc1C(=O)O. The predicted octanol–water partition coefficient (Wildman–Crippen LogP) is 4.42. The monoisotopic (exact) mass is 474 g/mol. The quantitative estimate of drug-likeness (QED) is 0.662. The number of aliphatic imine (C=N–C) groups is 1. The summed E-state index contributed by atoms with van der Waals surface area (Å²) in [5.41, 5.74) is 2.02. The van der Waals surface area contributed by atoms with Gasteiger partial charge in [-0.3, -0.25) is 9.69 Å². The number of hydrogen-bond acceptors (Lipinski definition) is 6. The van der Waals surface area contributed by atoms with Crippen LogP contribution in [-0.4, -0.2) is 40.9 Å². The van der Waals surface area contributed by atoms with Crippen LogP contribution in [0.5, 0.6) is 11.5 Å². The number of rotatable bonds is 3. The normalized spacial score (nSPS) is 18.2. The van der Waals surface area contributed by atoms with Gasteiger partial charge in [0.1, 0.15) is 0 Å². The third-order valence-electron chi connectivity index (χ3n) is 4.53. The van der Waals surface area contributed by atoms with E-state index in [1.807, 2.05) is 6.07 Å². The number of likely N-dealkylation sites (N-methyl/N-ethyl adjacent to an activating group) is 1. The summed E-state index contributed by atoms with van der Waals surface area (Å²) in [5, 5.41) is 9.77. The van der Waals surface area contributed by atoms with Crippen molar-refractivity contribution in [3.05, 3.63) is 56.4 Å². The van der Waals surface area contributed by atoms with Gasteiger partial charge in [0.25, 0.3) is 5.91 Å². The van der Waals surface area contributed by atoms with Crippen LogP contribution in [0.25, 0.3) is 6.08 Å². The Hall–Kier alpha value is -2.78. The molecule has 148 valence electrons. The minimum atomic E-state index is -1.01. The Balaban J connectivity index is 1.68. The summed E-state index contributed by atoms with van der Waals surface area (Å²) in [6.07, 6.45) is 1.76. The van der Waals surface area contributed by atoms with Gasteiger partial charge in [-0.15, -0.1) is 0 Å². The van der Waals surface area contributed by atoms with Gasteiger partial charge in [-0.25, -0.2) is 9.79 Å². The van der Waals surface area contributed by atoms with Crippen LogP contribution in [0, 0.1) is 6.92 Å². The fraction of sp³-hybridized carbons (Fsp3) is 0.150. The molecular formula is C20H15BrN2O5S. The van der Waals surface area contributed by atoms with E-state index in [1.54, 1.807) is 38.2 Å². The summed E-state index contributed by atoms with van der Waals surface area (Å²) in [6, 6.07) is 8.50. The fourth-order valence-electron chi connectivity index (χ4n) is 2.92. The fourth-order valence-corrected chi connectivity index (χ4v) is 4.32. The molecule has 0 aliphatic carbocycles. The van der Waals surface area contributed by atoms with Gasteiger partial charge >= 0.3 is 5.97 Å². The smallest absolute Gasteiger partial charge is 0.336 e. The number of amides is 1. The van der Waals surface area contributed by atoms with Gasteiger partial charge in [0.05, 0.1) is 16.2 Å². The number of amidine groups is 1. The molecule has 7 nitrogen and oxygen atoms in total. The molecule has 4 rings (SSSR count). The van der Waals surface area contributed by atoms with E-state index in [1.165, 1.54) is 22.7 Å². The molecule has 0 radical (unpaired) electrons. The lowest BCUT2D eigenvalue weighted by molar-refractivity contribution is -0.121. The van der Waals surface area contributed by atoms with Crippen LogP contribution in [0.2, 0.25) is 0 Å². The second kappa shape index (κ2) is 7.57. The van der Waals surface area contributed by atoms with Gasteiger partial charge in [-0.05, 0) is 60.2 Å². The first kappa shape index (κ1) is 19.5. The standard InChI is InChI=1S/C20H15BrN2O5S/c1-10-12(19(25)26)4-3-5-14(10)22-20-23(2)18(24)17(29-20)7-11-6-15-16(8-13(11)21)28-9-27-15/h3-8H,9H2,1-2H3,(H,25,26)/b17-7+,22-20?. The molecular weight excluding hydrogens is 460 g/mol. The molecule has 0 bridgehead atoms. The maximum absolute atomic E-state index is 12.7. The molecule has 0 saturated carbocycles. The van der Waals surface area contributed by atoms with Gasteiger partial charge in [-0.2, -0.15) is 0 Å². The van der Waals surface area contributed by atoms with Gasteiger partial charge in [0.15, 0.2) is 16.7 Å². The molecule has 0 spiro atoms. The maximum atomic E-state index is 12.7. The molecule has 0 unspecified atom stereocenters. The first-order valence-electron chi connectivity index (χ1n) is 8.53. The summed E-state index contributed by atoms with van der Waals surface area (Å²) in [7, 11) is 1.64. The largest absolute Gasteiger partial charge is 0.478 e. The highest BCUT2D eigenvalue weighted by Crippen LogP contribution is 2.40. The molecule has 29 heavy (non-hydrogen) atoms. The average Bonchev–Trinajstić information content (AvgIpc) is 3.23. The molecule has 0 aromatic heterocycles. The Labute approximate surface area is 179 Å². The van der Waals surface area contributed by atoms with E-state index >= 15 is 0 Å². The molecule has 2 aromatic rings. The molecule has 2 aliphatic heterocycles. The Bertz CT molecular complexity index is 1110. The van der Waals surface area contributed by atoms with Crippen molar-refractivity contribution < 1.29 is 24.2 Å². The Morgan fingerprint density at radius 2 is 2.03 bits per heavy atom. The van der Waals surface area contributed by atoms with Crippen molar-refractivity contribution in [1.29, 1.82) is 0 Å². The third kappa shape index (κ3) is 3.63. The zero-order chi connectivity index (χ0) is 20.7. The highest BCUT2D eigenvalue weighted by Gasteiger charge is 2.31. The van der Waals surface area contributed by atoms with Crippen LogP contribution in [0.3, 0.4) is 0 Å². The van der Waals surface area contributed by atoms with Gasteiger partial charge in [0.2, 0.25) is 6.79 Å². The van der Waals surface area contributed by atoms with Crippen LogP contribution in [0.15, 0.2) is 44.7 Å². The number of carbonyl (C=O) groups is 2. The Morgan fingerprint density at radius 3 is 2.76 bits per heavy atom.